The van der Waals surface area contributed by atoms with Crippen LogP contribution in [0.3, 0.4) is 0 Å². The van der Waals surface area contributed by atoms with Crippen molar-refractivity contribution in [1.82, 2.24) is 0 Å². The lowest BCUT2D eigenvalue weighted by Crippen LogP contribution is -2.08. The molecule has 0 aromatic heterocycles. The summed E-state index contributed by atoms with van der Waals surface area (Å²) >= 11 is 0. The van der Waals surface area contributed by atoms with Gasteiger partial charge in [0.15, 0.2) is 0 Å². The zero-order valence-corrected chi connectivity index (χ0v) is 9.65. The van der Waals surface area contributed by atoms with E-state index in [4.69, 9.17) is 14.6 Å². The van der Waals surface area contributed by atoms with Gasteiger partial charge >= 0.3 is 5.97 Å². The molecule has 1 aliphatic heterocycles. The van der Waals surface area contributed by atoms with Gasteiger partial charge in [-0.25, -0.2) is 0 Å². The molecule has 0 aliphatic carbocycles. The Kier molecular flexibility index (Phi) is 3.85. The smallest absolute Gasteiger partial charge is 0.303 e. The van der Waals surface area contributed by atoms with Gasteiger partial charge in [0, 0.05) is 12.5 Å². The van der Waals surface area contributed by atoms with E-state index in [1.54, 1.807) is 0 Å². The molecule has 1 aromatic rings. The minimum Gasteiger partial charge on any atom is -0.493 e. The summed E-state index contributed by atoms with van der Waals surface area (Å²) in [6, 6.07) is 5.81. The summed E-state index contributed by atoms with van der Waals surface area (Å²) in [6.07, 6.45) is 2.77. The van der Waals surface area contributed by atoms with Crippen LogP contribution in [0.15, 0.2) is 18.2 Å². The number of hydrogen-bond acceptors (Lipinski definition) is 3. The Labute approximate surface area is 100 Å². The van der Waals surface area contributed by atoms with Crippen LogP contribution < -0.4 is 9.47 Å². The summed E-state index contributed by atoms with van der Waals surface area (Å²) in [6.45, 7) is 1.18. The number of rotatable bonds is 5. The highest BCUT2D eigenvalue weighted by Crippen LogP contribution is 2.28. The number of fused-ring (bicyclic) bond motifs is 1. The molecule has 92 valence electrons. The quantitative estimate of drug-likeness (QED) is 0.797. The molecule has 17 heavy (non-hydrogen) atoms. The topological polar surface area (TPSA) is 55.8 Å². The second kappa shape index (κ2) is 5.57. The van der Waals surface area contributed by atoms with Crippen LogP contribution in [0, 0.1) is 0 Å². The number of carbonyl (C=O) groups is 1. The summed E-state index contributed by atoms with van der Waals surface area (Å²) in [5, 5.41) is 8.49. The minimum atomic E-state index is -0.789. The Morgan fingerprint density at radius 3 is 3.18 bits per heavy atom. The molecule has 4 heteroatoms. The molecule has 0 fully saturated rings. The SMILES string of the molecule is O=C(O)CCCOc1ccc2c(c1)OCCC2. The summed E-state index contributed by atoms with van der Waals surface area (Å²) < 4.78 is 11.0. The number of carboxylic acids is 1. The molecule has 0 radical (unpaired) electrons. The first-order chi connectivity index (χ1) is 8.25. The lowest BCUT2D eigenvalue weighted by Gasteiger charge is -2.17. The molecule has 0 saturated carbocycles. The van der Waals surface area contributed by atoms with Gasteiger partial charge in [-0.15, -0.1) is 0 Å². The van der Waals surface area contributed by atoms with E-state index in [9.17, 15) is 4.79 Å². The molecule has 4 nitrogen and oxygen atoms in total. The number of aliphatic carboxylic acids is 1. The highest BCUT2D eigenvalue weighted by molar-refractivity contribution is 5.66. The fourth-order valence-corrected chi connectivity index (χ4v) is 1.82. The van der Waals surface area contributed by atoms with Crippen molar-refractivity contribution >= 4 is 5.97 Å². The van der Waals surface area contributed by atoms with Crippen LogP contribution in [-0.4, -0.2) is 24.3 Å². The molecule has 0 saturated heterocycles. The summed E-state index contributed by atoms with van der Waals surface area (Å²) in [5.74, 6) is 0.852. The normalized spacial score (nSPS) is 13.6. The third-order valence-electron chi connectivity index (χ3n) is 2.69. The van der Waals surface area contributed by atoms with Gasteiger partial charge in [0.25, 0.3) is 0 Å². The van der Waals surface area contributed by atoms with Gasteiger partial charge in [-0.05, 0) is 30.9 Å². The van der Waals surface area contributed by atoms with Crippen molar-refractivity contribution in [3.05, 3.63) is 23.8 Å². The number of benzene rings is 1. The molecule has 2 rings (SSSR count). The van der Waals surface area contributed by atoms with Gasteiger partial charge in [0.2, 0.25) is 0 Å². The average Bonchev–Trinajstić information content (AvgIpc) is 2.34. The number of ether oxygens (including phenoxy) is 2. The van der Waals surface area contributed by atoms with E-state index in [0.29, 0.717) is 13.0 Å². The van der Waals surface area contributed by atoms with E-state index in [1.807, 2.05) is 18.2 Å². The van der Waals surface area contributed by atoms with Gasteiger partial charge in [-0.1, -0.05) is 6.07 Å². The van der Waals surface area contributed by atoms with E-state index in [2.05, 4.69) is 0 Å². The maximum atomic E-state index is 10.3. The predicted octanol–water partition coefficient (Wildman–Crippen LogP) is 2.26. The Bertz CT molecular complexity index is 400. The van der Waals surface area contributed by atoms with Crippen LogP contribution in [0.5, 0.6) is 11.5 Å². The van der Waals surface area contributed by atoms with Crippen molar-refractivity contribution in [2.45, 2.75) is 25.7 Å². The summed E-state index contributed by atoms with van der Waals surface area (Å²) in [5.41, 5.74) is 1.22. The van der Waals surface area contributed by atoms with Gasteiger partial charge < -0.3 is 14.6 Å². The molecule has 1 N–H and O–H groups in total. The molecular formula is C13H16O4. The van der Waals surface area contributed by atoms with Crippen LogP contribution in [-0.2, 0) is 11.2 Å². The van der Waals surface area contributed by atoms with Crippen LogP contribution in [0.2, 0.25) is 0 Å². The third-order valence-corrected chi connectivity index (χ3v) is 2.69. The Balaban J connectivity index is 1.86. The monoisotopic (exact) mass is 236 g/mol. The number of carboxylic acid groups (broad SMARTS) is 1. The predicted molar refractivity (Wildman–Crippen MR) is 62.6 cm³/mol. The second-order valence-corrected chi connectivity index (χ2v) is 4.07. The first kappa shape index (κ1) is 11.8. The van der Waals surface area contributed by atoms with E-state index in [-0.39, 0.29) is 6.42 Å². The molecule has 1 aliphatic rings. The van der Waals surface area contributed by atoms with Crippen LogP contribution >= 0.6 is 0 Å². The Hall–Kier alpha value is -1.71. The average molecular weight is 236 g/mol. The highest BCUT2D eigenvalue weighted by atomic mass is 16.5. The van der Waals surface area contributed by atoms with E-state index in [1.165, 1.54) is 5.56 Å². The van der Waals surface area contributed by atoms with Crippen LogP contribution in [0.25, 0.3) is 0 Å². The van der Waals surface area contributed by atoms with Gasteiger partial charge in [0.05, 0.1) is 13.2 Å². The van der Waals surface area contributed by atoms with E-state index < -0.39 is 5.97 Å². The molecule has 0 bridgehead atoms. The zero-order valence-electron chi connectivity index (χ0n) is 9.65. The Morgan fingerprint density at radius 1 is 1.47 bits per heavy atom. The fourth-order valence-electron chi connectivity index (χ4n) is 1.82. The first-order valence-corrected chi connectivity index (χ1v) is 5.86. The van der Waals surface area contributed by atoms with Crippen molar-refractivity contribution in [2.24, 2.45) is 0 Å². The van der Waals surface area contributed by atoms with E-state index in [0.717, 1.165) is 30.9 Å². The first-order valence-electron chi connectivity index (χ1n) is 5.86. The van der Waals surface area contributed by atoms with Crippen LogP contribution in [0.1, 0.15) is 24.8 Å². The molecule has 1 heterocycles. The van der Waals surface area contributed by atoms with Crippen molar-refractivity contribution in [3.63, 3.8) is 0 Å². The molecule has 0 atom stereocenters. The minimum absolute atomic E-state index is 0.140. The van der Waals surface area contributed by atoms with Crippen LogP contribution in [0.4, 0.5) is 0 Å². The van der Waals surface area contributed by atoms with E-state index >= 15 is 0 Å². The third kappa shape index (κ3) is 3.37. The maximum Gasteiger partial charge on any atom is 0.303 e. The van der Waals surface area contributed by atoms with Gasteiger partial charge in [0.1, 0.15) is 11.5 Å². The Morgan fingerprint density at radius 2 is 2.35 bits per heavy atom. The molecule has 0 spiro atoms. The highest BCUT2D eigenvalue weighted by Gasteiger charge is 2.10. The largest absolute Gasteiger partial charge is 0.493 e. The number of hydrogen-bond donors (Lipinski definition) is 1. The van der Waals surface area contributed by atoms with Gasteiger partial charge in [-0.3, -0.25) is 4.79 Å². The summed E-state index contributed by atoms with van der Waals surface area (Å²) in [7, 11) is 0. The van der Waals surface area contributed by atoms with Gasteiger partial charge in [-0.2, -0.15) is 0 Å². The molecule has 0 amide bonds. The lowest BCUT2D eigenvalue weighted by molar-refractivity contribution is -0.137. The van der Waals surface area contributed by atoms with Crippen molar-refractivity contribution in [3.8, 4) is 11.5 Å². The zero-order chi connectivity index (χ0) is 12.1. The molecule has 0 unspecified atom stereocenters. The number of aryl methyl sites for hydroxylation is 1. The lowest BCUT2D eigenvalue weighted by atomic mass is 10.1. The van der Waals surface area contributed by atoms with Crippen molar-refractivity contribution in [1.29, 1.82) is 0 Å². The standard InChI is InChI=1S/C13H16O4/c14-13(15)4-2-7-16-11-6-5-10-3-1-8-17-12(10)9-11/h5-6,9H,1-4,7-8H2,(H,14,15). The summed E-state index contributed by atoms with van der Waals surface area (Å²) in [4.78, 5) is 10.3. The maximum absolute atomic E-state index is 10.3. The fraction of sp³-hybridized carbons (Fsp3) is 0.462. The van der Waals surface area contributed by atoms with Crippen molar-refractivity contribution in [2.75, 3.05) is 13.2 Å². The van der Waals surface area contributed by atoms with Crippen molar-refractivity contribution < 1.29 is 19.4 Å². The second-order valence-electron chi connectivity index (χ2n) is 4.07. The molecule has 1 aromatic carbocycles. The molecular weight excluding hydrogens is 220 g/mol.